The molecule has 4 nitrogen and oxygen atoms in total. The molecule has 2 heterocycles. The normalized spacial score (nSPS) is 11.9. The molecule has 2 aromatic carbocycles. The molecule has 0 saturated carbocycles. The molecule has 4 rings (SSSR count). The van der Waals surface area contributed by atoms with Crippen LogP contribution in [0.4, 0.5) is 22.0 Å². The van der Waals surface area contributed by atoms with Crippen molar-refractivity contribution in [3.05, 3.63) is 87.8 Å². The number of rotatable bonds is 4. The fourth-order valence-corrected chi connectivity index (χ4v) is 3.72. The fraction of sp³-hybridized carbons (Fsp3) is 0.100. The predicted molar refractivity (Wildman–Crippen MR) is 102 cm³/mol. The smallest absolute Gasteiger partial charge is 0.289 e. The third-order valence-corrected chi connectivity index (χ3v) is 5.36. The molecular weight excluding hydrogens is 425 g/mol. The van der Waals surface area contributed by atoms with E-state index >= 15 is 0 Å². The summed E-state index contributed by atoms with van der Waals surface area (Å²) in [5, 5.41) is 2.73. The summed E-state index contributed by atoms with van der Waals surface area (Å²) >= 11 is 0.979. The number of hydrogen-bond donors (Lipinski definition) is 1. The number of halogens is 5. The Labute approximate surface area is 170 Å². The van der Waals surface area contributed by atoms with E-state index in [-0.39, 0.29) is 27.6 Å². The molecule has 0 spiro atoms. The van der Waals surface area contributed by atoms with E-state index in [0.29, 0.717) is 5.69 Å². The highest BCUT2D eigenvalue weighted by Crippen LogP contribution is 2.32. The highest BCUT2D eigenvalue weighted by atomic mass is 32.2. The Morgan fingerprint density at radius 1 is 1.03 bits per heavy atom. The number of alkyl halides is 3. The van der Waals surface area contributed by atoms with Crippen LogP contribution in [0.15, 0.2) is 64.3 Å². The number of nitrogens with one attached hydrogen (secondary N) is 1. The molecule has 0 radical (unpaired) electrons. The zero-order valence-electron chi connectivity index (χ0n) is 15.0. The van der Waals surface area contributed by atoms with Crippen LogP contribution in [0.3, 0.4) is 0 Å². The van der Waals surface area contributed by atoms with E-state index in [0.717, 1.165) is 34.5 Å². The third-order valence-electron chi connectivity index (χ3n) is 4.30. The van der Waals surface area contributed by atoms with Gasteiger partial charge in [-0.3, -0.25) is 9.89 Å². The van der Waals surface area contributed by atoms with E-state index < -0.39 is 28.9 Å². The van der Waals surface area contributed by atoms with Gasteiger partial charge in [-0.1, -0.05) is 18.2 Å². The van der Waals surface area contributed by atoms with Crippen molar-refractivity contribution in [2.75, 3.05) is 0 Å². The molecule has 0 unspecified atom stereocenters. The number of thioether (sulfide) groups is 1. The average molecular weight is 437 g/mol. The summed E-state index contributed by atoms with van der Waals surface area (Å²) in [6, 6.07) is 11.2. The first kappa shape index (κ1) is 20.1. The van der Waals surface area contributed by atoms with Gasteiger partial charge in [0.05, 0.1) is 17.0 Å². The number of fused-ring (bicyclic) bond motifs is 1. The van der Waals surface area contributed by atoms with Crippen molar-refractivity contribution in [3.63, 3.8) is 0 Å². The van der Waals surface area contributed by atoms with Gasteiger partial charge in [0.1, 0.15) is 0 Å². The number of aromatic nitrogens is 3. The van der Waals surface area contributed by atoms with Crippen molar-refractivity contribution in [3.8, 4) is 11.3 Å². The molecule has 0 bridgehead atoms. The highest BCUT2D eigenvalue weighted by Gasteiger charge is 2.30. The van der Waals surface area contributed by atoms with Gasteiger partial charge in [0.15, 0.2) is 17.3 Å². The molecule has 10 heteroatoms. The molecular formula is C20H12F5N3OS. The van der Waals surface area contributed by atoms with Crippen LogP contribution in [0.25, 0.3) is 16.9 Å². The first-order chi connectivity index (χ1) is 14.2. The maximum Gasteiger partial charge on any atom is 0.416 e. The molecule has 0 fully saturated rings. The lowest BCUT2D eigenvalue weighted by Crippen LogP contribution is -2.15. The minimum atomic E-state index is -4.49. The molecule has 0 saturated heterocycles. The Morgan fingerprint density at radius 2 is 1.80 bits per heavy atom. The first-order valence-electron chi connectivity index (χ1n) is 8.58. The van der Waals surface area contributed by atoms with Crippen molar-refractivity contribution in [1.82, 2.24) is 14.6 Å². The summed E-state index contributed by atoms with van der Waals surface area (Å²) in [6.07, 6.45) is -4.49. The Kier molecular flexibility index (Phi) is 5.10. The van der Waals surface area contributed by atoms with E-state index in [2.05, 4.69) is 10.1 Å². The van der Waals surface area contributed by atoms with Crippen molar-refractivity contribution < 1.29 is 22.0 Å². The summed E-state index contributed by atoms with van der Waals surface area (Å²) in [5.74, 6) is -1.84. The number of hydrogen-bond acceptors (Lipinski definition) is 3. The number of nitrogens with zero attached hydrogens (tertiary/aromatic N) is 2. The minimum absolute atomic E-state index is 0.0794. The first-order valence-corrected chi connectivity index (χ1v) is 9.57. The topological polar surface area (TPSA) is 50.2 Å². The minimum Gasteiger partial charge on any atom is -0.289 e. The second-order valence-electron chi connectivity index (χ2n) is 6.37. The van der Waals surface area contributed by atoms with E-state index in [4.69, 9.17) is 0 Å². The fourth-order valence-electron chi connectivity index (χ4n) is 2.87. The standard InChI is InChI=1S/C20H12F5N3OS/c21-14-5-2-6-16(19(14)22)30-10-13-8-18(29)28-17(26-13)9-15(27-28)11-3-1-4-12(7-11)20(23,24)25/h1-9,27H,10H2. The lowest BCUT2D eigenvalue weighted by Gasteiger charge is -2.07. The quantitative estimate of drug-likeness (QED) is 0.349. The van der Waals surface area contributed by atoms with Gasteiger partial charge in [-0.15, -0.1) is 11.8 Å². The largest absolute Gasteiger partial charge is 0.416 e. The molecule has 0 amide bonds. The van der Waals surface area contributed by atoms with Crippen molar-refractivity contribution in [2.45, 2.75) is 16.8 Å². The van der Waals surface area contributed by atoms with Crippen LogP contribution < -0.4 is 5.56 Å². The van der Waals surface area contributed by atoms with Crippen LogP contribution in [0.5, 0.6) is 0 Å². The second-order valence-corrected chi connectivity index (χ2v) is 7.39. The number of benzene rings is 2. The van der Waals surface area contributed by atoms with Crippen LogP contribution in [0, 0.1) is 11.6 Å². The SMILES string of the molecule is O=c1cc(CSc2cccc(F)c2F)nc2cc(-c3cccc(C(F)(F)F)c3)[nH]n12. The van der Waals surface area contributed by atoms with E-state index in [1.807, 2.05) is 0 Å². The van der Waals surface area contributed by atoms with Gasteiger partial charge in [-0.05, 0) is 24.3 Å². The van der Waals surface area contributed by atoms with Crippen molar-refractivity contribution in [2.24, 2.45) is 0 Å². The van der Waals surface area contributed by atoms with Gasteiger partial charge in [-0.2, -0.15) is 13.2 Å². The van der Waals surface area contributed by atoms with Gasteiger partial charge < -0.3 is 0 Å². The van der Waals surface area contributed by atoms with E-state index in [9.17, 15) is 26.7 Å². The maximum absolute atomic E-state index is 13.8. The molecule has 0 aliphatic carbocycles. The molecule has 0 aliphatic rings. The van der Waals surface area contributed by atoms with Gasteiger partial charge in [0.2, 0.25) is 0 Å². The second kappa shape index (κ2) is 7.60. The zero-order chi connectivity index (χ0) is 21.5. The lowest BCUT2D eigenvalue weighted by molar-refractivity contribution is -0.137. The lowest BCUT2D eigenvalue weighted by atomic mass is 10.1. The summed E-state index contributed by atoms with van der Waals surface area (Å²) in [5.41, 5.74) is -0.241. The molecule has 30 heavy (non-hydrogen) atoms. The Balaban J connectivity index is 1.65. The van der Waals surface area contributed by atoms with Crippen LogP contribution in [-0.4, -0.2) is 14.6 Å². The Bertz CT molecular complexity index is 1300. The molecule has 1 N–H and O–H groups in total. The summed E-state index contributed by atoms with van der Waals surface area (Å²) in [4.78, 5) is 16.7. The molecule has 4 aromatic rings. The molecule has 0 atom stereocenters. The van der Waals surface area contributed by atoms with Gasteiger partial charge >= 0.3 is 6.18 Å². The summed E-state index contributed by atoms with van der Waals surface area (Å²) < 4.78 is 67.1. The van der Waals surface area contributed by atoms with Crippen LogP contribution in [0.2, 0.25) is 0 Å². The summed E-state index contributed by atoms with van der Waals surface area (Å²) in [6.45, 7) is 0. The van der Waals surface area contributed by atoms with Crippen LogP contribution >= 0.6 is 11.8 Å². The predicted octanol–water partition coefficient (Wildman–Crippen LogP) is 5.28. The van der Waals surface area contributed by atoms with E-state index in [1.54, 1.807) is 0 Å². The molecule has 154 valence electrons. The molecule has 0 aliphatic heterocycles. The highest BCUT2D eigenvalue weighted by molar-refractivity contribution is 7.98. The van der Waals surface area contributed by atoms with Crippen molar-refractivity contribution in [1.29, 1.82) is 0 Å². The average Bonchev–Trinajstić information content (AvgIpc) is 3.13. The van der Waals surface area contributed by atoms with Crippen LogP contribution in [0.1, 0.15) is 11.3 Å². The Morgan fingerprint density at radius 3 is 2.57 bits per heavy atom. The summed E-state index contributed by atoms with van der Waals surface area (Å²) in [7, 11) is 0. The van der Waals surface area contributed by atoms with Gasteiger partial charge in [0, 0.05) is 28.3 Å². The van der Waals surface area contributed by atoms with Crippen molar-refractivity contribution >= 4 is 17.4 Å². The maximum atomic E-state index is 13.8. The van der Waals surface area contributed by atoms with E-state index in [1.165, 1.54) is 36.4 Å². The third kappa shape index (κ3) is 3.95. The van der Waals surface area contributed by atoms with Gasteiger partial charge in [0.25, 0.3) is 5.56 Å². The Hall–Kier alpha value is -3.14. The van der Waals surface area contributed by atoms with Crippen LogP contribution in [-0.2, 0) is 11.9 Å². The monoisotopic (exact) mass is 437 g/mol. The number of H-pyrrole nitrogens is 1. The number of aromatic amines is 1. The van der Waals surface area contributed by atoms with Gasteiger partial charge in [-0.25, -0.2) is 18.3 Å². The molecule has 2 aromatic heterocycles. The zero-order valence-corrected chi connectivity index (χ0v) is 15.8.